The van der Waals surface area contributed by atoms with Gasteiger partial charge >= 0.3 is 0 Å². The van der Waals surface area contributed by atoms with E-state index in [1.807, 2.05) is 0 Å². The van der Waals surface area contributed by atoms with Gasteiger partial charge in [0.15, 0.2) is 0 Å². The average molecular weight is 264 g/mol. The second kappa shape index (κ2) is 7.13. The normalized spacial score (nSPS) is 25.4. The first-order valence-electron chi connectivity index (χ1n) is 8.52. The van der Waals surface area contributed by atoms with Crippen molar-refractivity contribution in [1.82, 2.24) is 9.71 Å². The fourth-order valence-electron chi connectivity index (χ4n) is 3.82. The molecule has 2 saturated heterocycles. The summed E-state index contributed by atoms with van der Waals surface area (Å²) in [5.41, 5.74) is 0. The van der Waals surface area contributed by atoms with Gasteiger partial charge in [0, 0.05) is 6.04 Å². The fraction of sp³-hybridized carbons (Fsp3) is 1.00. The summed E-state index contributed by atoms with van der Waals surface area (Å²) in [5.74, 6) is 2.83. The van der Waals surface area contributed by atoms with Crippen molar-refractivity contribution >= 4 is 7.41 Å². The van der Waals surface area contributed by atoms with E-state index in [9.17, 15) is 0 Å². The van der Waals surface area contributed by atoms with Crippen LogP contribution >= 0.6 is 0 Å². The third kappa shape index (κ3) is 4.49. The summed E-state index contributed by atoms with van der Waals surface area (Å²) >= 11 is 0. The molecule has 0 N–H and O–H groups in total. The van der Waals surface area contributed by atoms with E-state index in [-0.39, 0.29) is 0 Å². The van der Waals surface area contributed by atoms with Gasteiger partial charge < -0.3 is 9.71 Å². The van der Waals surface area contributed by atoms with Crippen LogP contribution in [0.5, 0.6) is 0 Å². The zero-order chi connectivity index (χ0) is 13.8. The molecule has 0 aromatic rings. The Balaban J connectivity index is 1.67. The minimum atomic E-state index is 0.739. The Hall–Kier alpha value is -0.0151. The lowest BCUT2D eigenvalue weighted by atomic mass is 9.67. The van der Waals surface area contributed by atoms with Crippen LogP contribution < -0.4 is 0 Å². The second-order valence-electron chi connectivity index (χ2n) is 7.46. The molecule has 2 nitrogen and oxygen atoms in total. The summed E-state index contributed by atoms with van der Waals surface area (Å²) in [6, 6.07) is 0.739. The van der Waals surface area contributed by atoms with Crippen molar-refractivity contribution in [3.63, 3.8) is 0 Å². The molecule has 3 heteroatoms. The van der Waals surface area contributed by atoms with Crippen LogP contribution in [-0.4, -0.2) is 49.3 Å². The van der Waals surface area contributed by atoms with Crippen molar-refractivity contribution in [1.29, 1.82) is 0 Å². The summed E-state index contributed by atoms with van der Waals surface area (Å²) in [6.45, 7) is 14.8. The highest BCUT2D eigenvalue weighted by molar-refractivity contribution is 6.34. The van der Waals surface area contributed by atoms with Gasteiger partial charge in [-0.3, -0.25) is 0 Å². The summed E-state index contributed by atoms with van der Waals surface area (Å²) < 4.78 is 0. The van der Waals surface area contributed by atoms with Gasteiger partial charge in [0.1, 0.15) is 0 Å². The van der Waals surface area contributed by atoms with E-state index in [1.165, 1.54) is 59.3 Å². The quantitative estimate of drug-likeness (QED) is 0.720. The Morgan fingerprint density at radius 1 is 0.842 bits per heavy atom. The van der Waals surface area contributed by atoms with Gasteiger partial charge in [0.25, 0.3) is 0 Å². The molecule has 0 atom stereocenters. The highest BCUT2D eigenvalue weighted by Gasteiger charge is 2.27. The van der Waals surface area contributed by atoms with Crippen molar-refractivity contribution in [3.8, 4) is 0 Å². The van der Waals surface area contributed by atoms with Gasteiger partial charge in [-0.1, -0.05) is 13.8 Å². The van der Waals surface area contributed by atoms with Crippen LogP contribution in [0.2, 0.25) is 5.82 Å². The number of rotatable bonds is 4. The van der Waals surface area contributed by atoms with Gasteiger partial charge in [0.05, 0.1) is 0 Å². The standard InChI is InChI=1S/C16H33BN2/c1-13(2)15-5-11-19(12-6-15)17-16-7-9-18(10-8-16)14(3)4/h13-17H,5-12H2,1-4H3. The molecule has 0 spiro atoms. The number of likely N-dealkylation sites (tertiary alicyclic amines) is 1. The first kappa shape index (κ1) is 15.4. The van der Waals surface area contributed by atoms with E-state index in [0.717, 1.165) is 23.7 Å². The largest absolute Gasteiger partial charge is 0.345 e. The summed E-state index contributed by atoms with van der Waals surface area (Å²) in [5, 5.41) is 0. The lowest BCUT2D eigenvalue weighted by Crippen LogP contribution is -2.43. The second-order valence-corrected chi connectivity index (χ2v) is 7.46. The third-order valence-electron chi connectivity index (χ3n) is 5.47. The van der Waals surface area contributed by atoms with Crippen molar-refractivity contribution in [2.75, 3.05) is 26.2 Å². The summed E-state index contributed by atoms with van der Waals surface area (Å²) in [7, 11) is 1.37. The molecule has 0 aliphatic carbocycles. The van der Waals surface area contributed by atoms with Crippen LogP contribution in [0.3, 0.4) is 0 Å². The van der Waals surface area contributed by atoms with Gasteiger partial charge in [-0.2, -0.15) is 0 Å². The Kier molecular flexibility index (Phi) is 5.77. The third-order valence-corrected chi connectivity index (χ3v) is 5.47. The molecule has 0 saturated carbocycles. The predicted molar refractivity (Wildman–Crippen MR) is 86.0 cm³/mol. The number of piperidine rings is 2. The molecule has 2 aliphatic rings. The van der Waals surface area contributed by atoms with Crippen molar-refractivity contribution in [2.45, 2.75) is 65.2 Å². The van der Waals surface area contributed by atoms with Crippen molar-refractivity contribution < 1.29 is 0 Å². The molecule has 0 aromatic carbocycles. The molecule has 110 valence electrons. The minimum absolute atomic E-state index is 0.739. The highest BCUT2D eigenvalue weighted by atomic mass is 15.1. The SMILES string of the molecule is CC(C)C1CCN(BC2CCN(C(C)C)CC2)CC1. The minimum Gasteiger partial charge on any atom is -0.345 e. The van der Waals surface area contributed by atoms with Gasteiger partial charge in [0.2, 0.25) is 7.41 Å². The number of hydrogen-bond donors (Lipinski definition) is 0. The Morgan fingerprint density at radius 2 is 1.42 bits per heavy atom. The molecule has 2 fully saturated rings. The Morgan fingerprint density at radius 3 is 1.89 bits per heavy atom. The Bertz CT molecular complexity index is 225. The predicted octanol–water partition coefficient (Wildman–Crippen LogP) is 3.00. The lowest BCUT2D eigenvalue weighted by Gasteiger charge is -2.39. The molecular weight excluding hydrogens is 231 g/mol. The van der Waals surface area contributed by atoms with E-state index >= 15 is 0 Å². The van der Waals surface area contributed by atoms with Crippen LogP contribution in [-0.2, 0) is 0 Å². The van der Waals surface area contributed by atoms with E-state index < -0.39 is 0 Å². The van der Waals surface area contributed by atoms with Crippen LogP contribution in [0, 0.1) is 11.8 Å². The summed E-state index contributed by atoms with van der Waals surface area (Å²) in [4.78, 5) is 5.38. The molecule has 0 amide bonds. The maximum atomic E-state index is 2.74. The molecule has 2 rings (SSSR count). The molecule has 2 aliphatic heterocycles. The maximum Gasteiger partial charge on any atom is 0.207 e. The monoisotopic (exact) mass is 264 g/mol. The molecule has 0 radical (unpaired) electrons. The average Bonchev–Trinajstić information content (AvgIpc) is 2.40. The zero-order valence-electron chi connectivity index (χ0n) is 13.6. The van der Waals surface area contributed by atoms with Gasteiger partial charge in [-0.25, -0.2) is 0 Å². The first-order chi connectivity index (χ1) is 9.06. The van der Waals surface area contributed by atoms with Crippen molar-refractivity contribution in [3.05, 3.63) is 0 Å². The Labute approximate surface area is 121 Å². The molecule has 0 aromatic heterocycles. The van der Waals surface area contributed by atoms with Crippen LogP contribution in [0.4, 0.5) is 0 Å². The molecular formula is C16H33BN2. The summed E-state index contributed by atoms with van der Waals surface area (Å²) in [6.07, 6.45) is 5.70. The molecule has 2 heterocycles. The van der Waals surface area contributed by atoms with E-state index in [2.05, 4.69) is 37.4 Å². The smallest absolute Gasteiger partial charge is 0.207 e. The lowest BCUT2D eigenvalue weighted by molar-refractivity contribution is 0.179. The highest BCUT2D eigenvalue weighted by Crippen LogP contribution is 2.28. The van der Waals surface area contributed by atoms with E-state index in [1.54, 1.807) is 0 Å². The maximum absolute atomic E-state index is 2.74. The topological polar surface area (TPSA) is 6.48 Å². The van der Waals surface area contributed by atoms with E-state index in [4.69, 9.17) is 0 Å². The first-order valence-corrected chi connectivity index (χ1v) is 8.52. The number of nitrogens with zero attached hydrogens (tertiary/aromatic N) is 2. The molecule has 0 bridgehead atoms. The van der Waals surface area contributed by atoms with Crippen LogP contribution in [0.15, 0.2) is 0 Å². The van der Waals surface area contributed by atoms with Crippen molar-refractivity contribution in [2.24, 2.45) is 11.8 Å². The fourth-order valence-corrected chi connectivity index (χ4v) is 3.82. The van der Waals surface area contributed by atoms with Crippen LogP contribution in [0.25, 0.3) is 0 Å². The molecule has 19 heavy (non-hydrogen) atoms. The van der Waals surface area contributed by atoms with Gasteiger partial charge in [-0.15, -0.1) is 0 Å². The van der Waals surface area contributed by atoms with Gasteiger partial charge in [-0.05, 0) is 83.4 Å². The van der Waals surface area contributed by atoms with Crippen LogP contribution in [0.1, 0.15) is 53.4 Å². The zero-order valence-corrected chi connectivity index (χ0v) is 13.6. The molecule has 0 unspecified atom stereocenters. The number of hydrogen-bond acceptors (Lipinski definition) is 2. The van der Waals surface area contributed by atoms with E-state index in [0.29, 0.717) is 0 Å².